The maximum Gasteiger partial charge on any atom is -0.0218 e. The van der Waals surface area contributed by atoms with Crippen LogP contribution in [-0.4, -0.2) is 13.3 Å². The third kappa shape index (κ3) is 3.88. The zero-order chi connectivity index (χ0) is 9.72. The van der Waals surface area contributed by atoms with Gasteiger partial charge in [-0.1, -0.05) is 32.2 Å². The van der Waals surface area contributed by atoms with Gasteiger partial charge in [0.25, 0.3) is 0 Å². The van der Waals surface area contributed by atoms with E-state index in [2.05, 4.69) is 46.8 Å². The van der Waals surface area contributed by atoms with Crippen molar-refractivity contribution < 1.29 is 0 Å². The van der Waals surface area contributed by atoms with E-state index in [0.717, 1.165) is 0 Å². The minimum atomic E-state index is -0.00965. The van der Waals surface area contributed by atoms with E-state index in [4.69, 9.17) is 0 Å². The third-order valence-electron chi connectivity index (χ3n) is 1.62. The molecule has 0 spiro atoms. The van der Waals surface area contributed by atoms with E-state index in [9.17, 15) is 0 Å². The molecule has 68 valence electrons. The van der Waals surface area contributed by atoms with Gasteiger partial charge < -0.3 is 0 Å². The summed E-state index contributed by atoms with van der Waals surface area (Å²) in [6, 6.07) is 0. The number of hydrogen-bond donors (Lipinski definition) is 0. The summed E-state index contributed by atoms with van der Waals surface area (Å²) in [5, 5.41) is 1.46. The molecule has 0 aliphatic carbocycles. The first-order valence-corrected chi connectivity index (χ1v) is 6.38. The van der Waals surface area contributed by atoms with Crippen LogP contribution in [0.2, 0.25) is 0 Å². The second kappa shape index (κ2) is 5.32. The average molecular weight is 182 g/mol. The molecule has 0 saturated carbocycles. The Morgan fingerprint density at radius 1 is 1.17 bits per heavy atom. The van der Waals surface area contributed by atoms with Crippen molar-refractivity contribution in [2.75, 3.05) is 13.3 Å². The quantitative estimate of drug-likeness (QED) is 0.454. The van der Waals surface area contributed by atoms with E-state index < -0.39 is 0 Å². The lowest BCUT2D eigenvalue weighted by molar-refractivity contribution is 1.37. The summed E-state index contributed by atoms with van der Waals surface area (Å²) in [5.41, 5.74) is 2.68. The molecule has 0 rings (SSSR count). The van der Waals surface area contributed by atoms with Crippen LogP contribution in [0.25, 0.3) is 0 Å². The molecule has 0 atom stereocenters. The Hall–Kier alpha value is -0.350. The Morgan fingerprint density at radius 2 is 1.67 bits per heavy atom. The standard InChI is InChI=1S/C11H19P/c1-7-10(4)11(12(5)6)8-9(2)3/h7-8H,1H2,2-6H3/b11-10+. The van der Waals surface area contributed by atoms with Gasteiger partial charge in [-0.3, -0.25) is 0 Å². The second-order valence-corrected chi connectivity index (χ2v) is 5.66. The number of rotatable bonds is 3. The van der Waals surface area contributed by atoms with Crippen LogP contribution in [0.15, 0.2) is 35.2 Å². The predicted molar refractivity (Wildman–Crippen MR) is 61.1 cm³/mol. The molecule has 0 saturated heterocycles. The Balaban J connectivity index is 4.92. The maximum absolute atomic E-state index is 3.79. The molecule has 0 amide bonds. The molecule has 0 heterocycles. The predicted octanol–water partition coefficient (Wildman–Crippen LogP) is 4.15. The van der Waals surface area contributed by atoms with Gasteiger partial charge in [0.15, 0.2) is 0 Å². The van der Waals surface area contributed by atoms with Gasteiger partial charge in [0.1, 0.15) is 0 Å². The first-order valence-electron chi connectivity index (χ1n) is 4.14. The molecule has 12 heavy (non-hydrogen) atoms. The van der Waals surface area contributed by atoms with E-state index in [1.54, 1.807) is 0 Å². The molecule has 0 aliphatic heterocycles. The Bertz CT molecular complexity index is 215. The third-order valence-corrected chi connectivity index (χ3v) is 3.06. The molecule has 0 aliphatic rings. The highest BCUT2D eigenvalue weighted by atomic mass is 31.1. The van der Waals surface area contributed by atoms with E-state index in [0.29, 0.717) is 0 Å². The van der Waals surface area contributed by atoms with E-state index in [1.165, 1.54) is 16.5 Å². The molecule has 0 fully saturated rings. The SMILES string of the molecule is C=C/C(C)=C(\C=C(C)C)P(C)C. The van der Waals surface area contributed by atoms with Gasteiger partial charge in [-0.05, 0) is 45.0 Å². The minimum absolute atomic E-state index is 0.00965. The summed E-state index contributed by atoms with van der Waals surface area (Å²) >= 11 is 0. The Labute approximate surface area is 77.8 Å². The topological polar surface area (TPSA) is 0 Å². The zero-order valence-corrected chi connectivity index (χ0v) is 9.70. The van der Waals surface area contributed by atoms with Crippen LogP contribution in [0.1, 0.15) is 20.8 Å². The summed E-state index contributed by atoms with van der Waals surface area (Å²) in [6.45, 7) is 14.7. The largest absolute Gasteiger partial charge is 0.0988 e. The molecule has 0 aromatic rings. The fourth-order valence-corrected chi connectivity index (χ4v) is 2.29. The van der Waals surface area contributed by atoms with Crippen molar-refractivity contribution in [1.82, 2.24) is 0 Å². The first kappa shape index (κ1) is 11.6. The highest BCUT2D eigenvalue weighted by molar-refractivity contribution is 7.60. The van der Waals surface area contributed by atoms with Crippen LogP contribution < -0.4 is 0 Å². The summed E-state index contributed by atoms with van der Waals surface area (Å²) in [5.74, 6) is 0. The van der Waals surface area contributed by atoms with Crippen molar-refractivity contribution in [3.63, 3.8) is 0 Å². The Kier molecular flexibility index (Phi) is 5.17. The van der Waals surface area contributed by atoms with Crippen LogP contribution in [0.3, 0.4) is 0 Å². The molecular weight excluding hydrogens is 163 g/mol. The monoisotopic (exact) mass is 182 g/mol. The van der Waals surface area contributed by atoms with Gasteiger partial charge in [-0.25, -0.2) is 0 Å². The van der Waals surface area contributed by atoms with Gasteiger partial charge in [0.05, 0.1) is 0 Å². The van der Waals surface area contributed by atoms with Gasteiger partial charge in [0.2, 0.25) is 0 Å². The molecule has 0 aromatic carbocycles. The van der Waals surface area contributed by atoms with Crippen LogP contribution in [0.4, 0.5) is 0 Å². The van der Waals surface area contributed by atoms with Gasteiger partial charge in [-0.2, -0.15) is 0 Å². The van der Waals surface area contributed by atoms with Crippen LogP contribution in [-0.2, 0) is 0 Å². The van der Waals surface area contributed by atoms with Crippen molar-refractivity contribution in [3.8, 4) is 0 Å². The minimum Gasteiger partial charge on any atom is -0.0988 e. The van der Waals surface area contributed by atoms with Crippen molar-refractivity contribution in [2.45, 2.75) is 20.8 Å². The highest BCUT2D eigenvalue weighted by Crippen LogP contribution is 2.40. The molecule has 0 bridgehead atoms. The summed E-state index contributed by atoms with van der Waals surface area (Å²) in [6.07, 6.45) is 4.21. The normalized spacial score (nSPS) is 12.5. The summed E-state index contributed by atoms with van der Waals surface area (Å²) in [4.78, 5) is 0. The molecule has 0 radical (unpaired) electrons. The lowest BCUT2D eigenvalue weighted by Gasteiger charge is -2.10. The summed E-state index contributed by atoms with van der Waals surface area (Å²) in [7, 11) is -0.00965. The fourth-order valence-electron chi connectivity index (χ4n) is 0.974. The maximum atomic E-state index is 3.79. The van der Waals surface area contributed by atoms with Crippen molar-refractivity contribution >= 4 is 7.92 Å². The van der Waals surface area contributed by atoms with Crippen molar-refractivity contribution in [2.24, 2.45) is 0 Å². The molecule has 0 N–H and O–H groups in total. The van der Waals surface area contributed by atoms with Gasteiger partial charge in [-0.15, -0.1) is 0 Å². The zero-order valence-electron chi connectivity index (χ0n) is 8.81. The lowest BCUT2D eigenvalue weighted by Crippen LogP contribution is -1.81. The highest BCUT2D eigenvalue weighted by Gasteiger charge is 2.01. The summed E-state index contributed by atoms with van der Waals surface area (Å²) < 4.78 is 0. The van der Waals surface area contributed by atoms with Crippen LogP contribution in [0.5, 0.6) is 0 Å². The van der Waals surface area contributed by atoms with Crippen molar-refractivity contribution in [1.29, 1.82) is 0 Å². The van der Waals surface area contributed by atoms with Gasteiger partial charge in [0, 0.05) is 0 Å². The molecule has 0 unspecified atom stereocenters. The van der Waals surface area contributed by atoms with E-state index in [-0.39, 0.29) is 7.92 Å². The van der Waals surface area contributed by atoms with Crippen LogP contribution in [0, 0.1) is 0 Å². The number of hydrogen-bond acceptors (Lipinski definition) is 0. The van der Waals surface area contributed by atoms with E-state index >= 15 is 0 Å². The molecule has 1 heteroatoms. The first-order chi connectivity index (χ1) is 5.49. The lowest BCUT2D eigenvalue weighted by atomic mass is 10.2. The fraction of sp³-hybridized carbons (Fsp3) is 0.455. The second-order valence-electron chi connectivity index (χ2n) is 3.39. The number of allylic oxidation sites excluding steroid dienone is 5. The van der Waals surface area contributed by atoms with Crippen LogP contribution >= 0.6 is 7.92 Å². The molecule has 0 aromatic heterocycles. The molecule has 0 nitrogen and oxygen atoms in total. The average Bonchev–Trinajstić information content (AvgIpc) is 1.98. The van der Waals surface area contributed by atoms with Gasteiger partial charge >= 0.3 is 0 Å². The van der Waals surface area contributed by atoms with Crippen molar-refractivity contribution in [3.05, 3.63) is 35.2 Å². The van der Waals surface area contributed by atoms with E-state index in [1.807, 2.05) is 6.08 Å². The Morgan fingerprint density at radius 3 is 1.92 bits per heavy atom. The smallest absolute Gasteiger partial charge is 0.0218 e. The molecular formula is C11H19P.